The molecule has 2 saturated carbocycles. The lowest BCUT2D eigenvalue weighted by Gasteiger charge is -2.49. The zero-order chi connectivity index (χ0) is 22.5. The van der Waals surface area contributed by atoms with Crippen molar-refractivity contribution < 1.29 is 9.53 Å². The molecule has 0 amide bonds. The van der Waals surface area contributed by atoms with Crippen molar-refractivity contribution in [3.8, 4) is 0 Å². The number of hydrogen-bond donors (Lipinski definition) is 1. The van der Waals surface area contributed by atoms with Gasteiger partial charge in [-0.15, -0.1) is 0 Å². The van der Waals surface area contributed by atoms with Crippen molar-refractivity contribution >= 4 is 5.78 Å². The Balaban J connectivity index is 1.33. The summed E-state index contributed by atoms with van der Waals surface area (Å²) in [4.78, 5) is 12.2. The first kappa shape index (κ1) is 21.6. The molecule has 0 aromatic rings. The van der Waals surface area contributed by atoms with E-state index in [4.69, 9.17) is 4.74 Å². The quantitative estimate of drug-likeness (QED) is 0.473. The summed E-state index contributed by atoms with van der Waals surface area (Å²) in [6.07, 6.45) is 12.7. The highest BCUT2D eigenvalue weighted by Gasteiger charge is 2.61. The fourth-order valence-corrected chi connectivity index (χ4v) is 9.47. The molecular weight excluding hydrogens is 394 g/mol. The van der Waals surface area contributed by atoms with E-state index in [1.807, 2.05) is 0 Å². The Hall–Kier alpha value is -0.930. The maximum absolute atomic E-state index is 12.2. The van der Waals surface area contributed by atoms with E-state index in [-0.39, 0.29) is 11.0 Å². The van der Waals surface area contributed by atoms with E-state index in [9.17, 15) is 4.79 Å². The Morgan fingerprint density at radius 2 is 1.91 bits per heavy atom. The second-order valence-electron chi connectivity index (χ2n) is 13.2. The highest BCUT2D eigenvalue weighted by molar-refractivity contribution is 5.82. The number of piperidine rings is 1. The third-order valence-electron chi connectivity index (χ3n) is 11.5. The number of rotatable bonds is 0. The van der Waals surface area contributed by atoms with E-state index in [0.717, 1.165) is 38.1 Å². The number of hydrogen-bond acceptors (Lipinski definition) is 3. The first-order chi connectivity index (χ1) is 15.2. The van der Waals surface area contributed by atoms with Crippen molar-refractivity contribution in [1.29, 1.82) is 0 Å². The highest BCUT2D eigenvalue weighted by atomic mass is 16.5. The number of allylic oxidation sites excluding steroid dienone is 3. The first-order valence-electron chi connectivity index (χ1n) is 13.5. The van der Waals surface area contributed by atoms with Gasteiger partial charge in [0.05, 0.1) is 11.7 Å². The molecule has 1 N–H and O–H groups in total. The van der Waals surface area contributed by atoms with Crippen LogP contribution in [-0.2, 0) is 9.53 Å². The molecule has 0 aromatic heterocycles. The molecule has 2 heterocycles. The van der Waals surface area contributed by atoms with Crippen molar-refractivity contribution in [2.45, 2.75) is 110 Å². The van der Waals surface area contributed by atoms with Gasteiger partial charge < -0.3 is 10.1 Å². The molecule has 1 spiro atoms. The van der Waals surface area contributed by atoms with Crippen molar-refractivity contribution in [1.82, 2.24) is 5.32 Å². The summed E-state index contributed by atoms with van der Waals surface area (Å²) in [5.74, 6) is 3.19. The SMILES string of the molecule is CC1=C2C[C@H]3[C@@H](CC=C4CC(=O)CC[C@@]43C)[C@]2(C)CC[C@@]2(C1)O[C@@H]1C[C@H](C)CN[C@H]1[C@H]2C. The third kappa shape index (κ3) is 2.82. The van der Waals surface area contributed by atoms with Gasteiger partial charge in [-0.3, -0.25) is 4.79 Å². The largest absolute Gasteiger partial charge is 0.369 e. The number of ether oxygens (including phenoxy) is 1. The summed E-state index contributed by atoms with van der Waals surface area (Å²) in [7, 11) is 0. The molecule has 2 aliphatic heterocycles. The zero-order valence-corrected chi connectivity index (χ0v) is 20.9. The number of Topliss-reactive ketones (excluding diaryl/α,β-unsaturated/α-hetero) is 1. The first-order valence-corrected chi connectivity index (χ1v) is 13.5. The van der Waals surface area contributed by atoms with Crippen LogP contribution < -0.4 is 5.32 Å². The molecule has 4 fully saturated rings. The van der Waals surface area contributed by atoms with Gasteiger partial charge in [0.2, 0.25) is 0 Å². The second kappa shape index (κ2) is 7.04. The Morgan fingerprint density at radius 1 is 1.09 bits per heavy atom. The number of carbonyl (C=O) groups is 1. The van der Waals surface area contributed by atoms with Gasteiger partial charge in [-0.25, -0.2) is 0 Å². The standard InChI is InChI=1S/C29H43NO2/c1-17-12-25-26(30-16-17)19(3)29(32-25)11-10-28(5)22-7-6-20-13-21(31)8-9-27(20,4)24(22)14-23(28)18(2)15-29/h6,17,19,22,24-26,30H,7-16H2,1-5H3/t17-,19+,22+,24-,25+,26-,27-,28-,29-/m0/s1. The van der Waals surface area contributed by atoms with Gasteiger partial charge in [0.25, 0.3) is 0 Å². The lowest BCUT2D eigenvalue weighted by Crippen LogP contribution is -2.48. The van der Waals surface area contributed by atoms with Gasteiger partial charge in [0, 0.05) is 24.8 Å². The summed E-state index contributed by atoms with van der Waals surface area (Å²) in [6.45, 7) is 13.5. The van der Waals surface area contributed by atoms with Crippen LogP contribution in [0.5, 0.6) is 0 Å². The molecule has 6 rings (SSSR count). The molecule has 176 valence electrons. The third-order valence-corrected chi connectivity index (χ3v) is 11.5. The maximum Gasteiger partial charge on any atom is 0.136 e. The van der Waals surface area contributed by atoms with Crippen molar-refractivity contribution in [3.05, 3.63) is 22.8 Å². The van der Waals surface area contributed by atoms with Crippen molar-refractivity contribution in [2.75, 3.05) is 6.54 Å². The monoisotopic (exact) mass is 437 g/mol. The second-order valence-corrected chi connectivity index (χ2v) is 13.2. The molecule has 0 unspecified atom stereocenters. The lowest BCUT2D eigenvalue weighted by atomic mass is 9.55. The molecule has 9 atom stereocenters. The van der Waals surface area contributed by atoms with Crippen LogP contribution in [0.2, 0.25) is 0 Å². The normalized spacial score (nSPS) is 52.8. The Bertz CT molecular complexity index is 903. The fourth-order valence-electron chi connectivity index (χ4n) is 9.47. The minimum Gasteiger partial charge on any atom is -0.369 e. The lowest BCUT2D eigenvalue weighted by molar-refractivity contribution is -0.121. The van der Waals surface area contributed by atoms with Crippen LogP contribution in [0, 0.1) is 34.5 Å². The van der Waals surface area contributed by atoms with E-state index < -0.39 is 0 Å². The molecule has 32 heavy (non-hydrogen) atoms. The summed E-state index contributed by atoms with van der Waals surface area (Å²) < 4.78 is 7.04. The van der Waals surface area contributed by atoms with Crippen LogP contribution in [0.4, 0.5) is 0 Å². The maximum atomic E-state index is 12.2. The van der Waals surface area contributed by atoms with E-state index in [1.165, 1.54) is 37.7 Å². The molecule has 2 saturated heterocycles. The van der Waals surface area contributed by atoms with Crippen LogP contribution in [-0.4, -0.2) is 30.1 Å². The number of fused-ring (bicyclic) bond motifs is 6. The van der Waals surface area contributed by atoms with Crippen LogP contribution in [0.15, 0.2) is 22.8 Å². The van der Waals surface area contributed by atoms with Crippen molar-refractivity contribution in [2.24, 2.45) is 34.5 Å². The van der Waals surface area contributed by atoms with Gasteiger partial charge in [0.1, 0.15) is 5.78 Å². The number of nitrogens with one attached hydrogen (secondary N) is 1. The van der Waals surface area contributed by atoms with Crippen LogP contribution in [0.25, 0.3) is 0 Å². The average molecular weight is 438 g/mol. The summed E-state index contributed by atoms with van der Waals surface area (Å²) in [6, 6.07) is 0.529. The minimum absolute atomic E-state index is 0.0170. The molecule has 4 aliphatic carbocycles. The van der Waals surface area contributed by atoms with E-state index in [0.29, 0.717) is 41.1 Å². The average Bonchev–Trinajstić information content (AvgIpc) is 3.16. The summed E-state index contributed by atoms with van der Waals surface area (Å²) in [5.41, 5.74) is 5.43. The molecule has 0 radical (unpaired) electrons. The van der Waals surface area contributed by atoms with Gasteiger partial charge in [-0.1, -0.05) is 50.5 Å². The van der Waals surface area contributed by atoms with Crippen LogP contribution >= 0.6 is 0 Å². The molecular formula is C29H43NO2. The van der Waals surface area contributed by atoms with E-state index in [2.05, 4.69) is 46.0 Å². The number of ketones is 1. The molecule has 6 aliphatic rings. The highest BCUT2D eigenvalue weighted by Crippen LogP contribution is 2.68. The van der Waals surface area contributed by atoms with Gasteiger partial charge in [-0.05, 0) is 87.0 Å². The van der Waals surface area contributed by atoms with E-state index in [1.54, 1.807) is 11.1 Å². The predicted octanol–water partition coefficient (Wildman–Crippen LogP) is 5.99. The van der Waals surface area contributed by atoms with Gasteiger partial charge >= 0.3 is 0 Å². The van der Waals surface area contributed by atoms with Gasteiger partial charge in [-0.2, -0.15) is 0 Å². The van der Waals surface area contributed by atoms with Gasteiger partial charge in [0.15, 0.2) is 0 Å². The Morgan fingerprint density at radius 3 is 2.72 bits per heavy atom. The predicted molar refractivity (Wildman–Crippen MR) is 128 cm³/mol. The molecule has 3 nitrogen and oxygen atoms in total. The smallest absolute Gasteiger partial charge is 0.136 e. The van der Waals surface area contributed by atoms with Crippen LogP contribution in [0.1, 0.15) is 92.4 Å². The Kier molecular flexibility index (Phi) is 4.75. The summed E-state index contributed by atoms with van der Waals surface area (Å²) >= 11 is 0. The molecule has 3 heteroatoms. The summed E-state index contributed by atoms with van der Waals surface area (Å²) in [5, 5.41) is 3.86. The molecule has 0 bridgehead atoms. The van der Waals surface area contributed by atoms with Crippen molar-refractivity contribution in [3.63, 3.8) is 0 Å². The minimum atomic E-state index is 0.0170. The van der Waals surface area contributed by atoms with E-state index >= 15 is 0 Å². The molecule has 0 aromatic carbocycles. The number of carbonyl (C=O) groups excluding carboxylic acids is 1. The Labute approximate surface area is 194 Å². The zero-order valence-electron chi connectivity index (χ0n) is 20.9. The van der Waals surface area contributed by atoms with Crippen LogP contribution in [0.3, 0.4) is 0 Å². The fraction of sp³-hybridized carbons (Fsp3) is 0.828. The topological polar surface area (TPSA) is 38.3 Å².